The second kappa shape index (κ2) is 8.38. The van der Waals surface area contributed by atoms with Crippen LogP contribution < -0.4 is 10.9 Å². The second-order valence-electron chi connectivity index (χ2n) is 8.81. The number of hydrogen-bond acceptors (Lipinski definition) is 10. The second-order valence-corrected chi connectivity index (χ2v) is 11.8. The molecule has 1 saturated heterocycles. The summed E-state index contributed by atoms with van der Waals surface area (Å²) < 4.78 is 28.3. The van der Waals surface area contributed by atoms with Gasteiger partial charge in [0.05, 0.1) is 11.6 Å². The first kappa shape index (κ1) is 22.3. The molecule has 3 aromatic rings. The summed E-state index contributed by atoms with van der Waals surface area (Å²) >= 11 is 1.01. The van der Waals surface area contributed by atoms with Gasteiger partial charge in [-0.05, 0) is 45.1 Å². The molecule has 0 amide bonds. The third-order valence-electron chi connectivity index (χ3n) is 6.54. The van der Waals surface area contributed by atoms with Gasteiger partial charge in [0.1, 0.15) is 11.2 Å². The molecule has 33 heavy (non-hydrogen) atoms. The summed E-state index contributed by atoms with van der Waals surface area (Å²) in [5, 5.41) is 22.1. The first-order valence-corrected chi connectivity index (χ1v) is 13.2. The number of rotatable bonds is 5. The van der Waals surface area contributed by atoms with Crippen molar-refractivity contribution in [3.05, 3.63) is 34.2 Å². The Hall–Kier alpha value is -2.48. The van der Waals surface area contributed by atoms with Crippen LogP contribution in [0.25, 0.3) is 11.0 Å². The number of aromatic nitrogens is 5. The molecule has 2 atom stereocenters. The average Bonchev–Trinajstić information content (AvgIpc) is 3.44. The SMILES string of the molecule is C[C@@]1(O)CCC[C@H]1n1c(=O)ccc2cnc(NC3CCN(S(=O)(=O)c4nncs4)CC3)nc21. The molecule has 2 fully saturated rings. The van der Waals surface area contributed by atoms with Crippen molar-refractivity contribution in [2.45, 2.75) is 61.1 Å². The Morgan fingerprint density at radius 1 is 1.24 bits per heavy atom. The van der Waals surface area contributed by atoms with E-state index in [1.807, 2.05) is 0 Å². The molecule has 0 radical (unpaired) electrons. The van der Waals surface area contributed by atoms with Gasteiger partial charge in [0, 0.05) is 36.8 Å². The first-order valence-electron chi connectivity index (χ1n) is 10.9. The number of fused-ring (bicyclic) bond motifs is 1. The zero-order chi connectivity index (χ0) is 23.2. The predicted octanol–water partition coefficient (Wildman–Crippen LogP) is 1.38. The number of piperidine rings is 1. The van der Waals surface area contributed by atoms with Gasteiger partial charge in [0.15, 0.2) is 0 Å². The lowest BCUT2D eigenvalue weighted by Crippen LogP contribution is -2.42. The lowest BCUT2D eigenvalue weighted by atomic mass is 10.00. The lowest BCUT2D eigenvalue weighted by Gasteiger charge is -2.31. The summed E-state index contributed by atoms with van der Waals surface area (Å²) in [6.45, 7) is 2.46. The number of nitrogens with zero attached hydrogens (tertiary/aromatic N) is 6. The van der Waals surface area contributed by atoms with Crippen molar-refractivity contribution in [2.75, 3.05) is 18.4 Å². The van der Waals surface area contributed by atoms with E-state index in [0.29, 0.717) is 50.4 Å². The zero-order valence-electron chi connectivity index (χ0n) is 18.1. The van der Waals surface area contributed by atoms with E-state index in [2.05, 4.69) is 25.5 Å². The van der Waals surface area contributed by atoms with Crippen LogP contribution in [0.5, 0.6) is 0 Å². The maximum Gasteiger partial charge on any atom is 0.272 e. The average molecular weight is 492 g/mol. The van der Waals surface area contributed by atoms with Crippen LogP contribution in [0, 0.1) is 0 Å². The minimum Gasteiger partial charge on any atom is -0.388 e. The van der Waals surface area contributed by atoms with E-state index in [0.717, 1.165) is 23.1 Å². The minimum absolute atomic E-state index is 0.00698. The Bertz CT molecular complexity index is 1320. The van der Waals surface area contributed by atoms with Crippen molar-refractivity contribution >= 4 is 38.3 Å². The normalized spacial score (nSPS) is 25.0. The maximum atomic E-state index is 12.7. The van der Waals surface area contributed by atoms with Gasteiger partial charge in [-0.3, -0.25) is 9.36 Å². The van der Waals surface area contributed by atoms with E-state index in [-0.39, 0.29) is 22.0 Å². The highest BCUT2D eigenvalue weighted by atomic mass is 32.2. The highest BCUT2D eigenvalue weighted by molar-refractivity contribution is 7.91. The van der Waals surface area contributed by atoms with Gasteiger partial charge in [-0.2, -0.15) is 9.29 Å². The monoisotopic (exact) mass is 491 g/mol. The maximum absolute atomic E-state index is 12.7. The molecule has 0 spiro atoms. The predicted molar refractivity (Wildman–Crippen MR) is 123 cm³/mol. The van der Waals surface area contributed by atoms with Crippen LogP contribution in [0.3, 0.4) is 0 Å². The van der Waals surface area contributed by atoms with Crippen LogP contribution in [-0.4, -0.2) is 67.3 Å². The third kappa shape index (κ3) is 4.14. The minimum atomic E-state index is -3.62. The van der Waals surface area contributed by atoms with Crippen molar-refractivity contribution < 1.29 is 13.5 Å². The fraction of sp³-hybridized carbons (Fsp3) is 0.550. The first-order chi connectivity index (χ1) is 15.8. The van der Waals surface area contributed by atoms with Gasteiger partial charge >= 0.3 is 0 Å². The van der Waals surface area contributed by atoms with E-state index < -0.39 is 15.6 Å². The topological polar surface area (TPSA) is 143 Å². The number of anilines is 1. The van der Waals surface area contributed by atoms with Crippen LogP contribution in [-0.2, 0) is 10.0 Å². The Morgan fingerprint density at radius 3 is 2.70 bits per heavy atom. The van der Waals surface area contributed by atoms with Crippen LogP contribution in [0.2, 0.25) is 0 Å². The smallest absolute Gasteiger partial charge is 0.272 e. The molecule has 11 nitrogen and oxygen atoms in total. The summed E-state index contributed by atoms with van der Waals surface area (Å²) in [4.78, 5) is 21.8. The van der Waals surface area contributed by atoms with Crippen LogP contribution in [0.1, 0.15) is 45.1 Å². The fourth-order valence-corrected chi connectivity index (χ4v) is 7.03. The largest absolute Gasteiger partial charge is 0.388 e. The van der Waals surface area contributed by atoms with Crippen molar-refractivity contribution in [1.29, 1.82) is 0 Å². The van der Waals surface area contributed by atoms with E-state index in [1.165, 1.54) is 15.9 Å². The molecule has 1 saturated carbocycles. The van der Waals surface area contributed by atoms with Gasteiger partial charge in [-0.15, -0.1) is 10.2 Å². The molecule has 2 N–H and O–H groups in total. The van der Waals surface area contributed by atoms with E-state index >= 15 is 0 Å². The molecular weight excluding hydrogens is 466 g/mol. The summed E-state index contributed by atoms with van der Waals surface area (Å²) in [5.41, 5.74) is 0.725. The third-order valence-corrected chi connectivity index (χ3v) is 9.52. The number of hydrogen-bond donors (Lipinski definition) is 2. The summed E-state index contributed by atoms with van der Waals surface area (Å²) in [7, 11) is -3.62. The molecule has 0 aromatic carbocycles. The summed E-state index contributed by atoms with van der Waals surface area (Å²) in [5.74, 6) is 0.380. The molecule has 13 heteroatoms. The molecule has 1 aliphatic carbocycles. The fourth-order valence-electron chi connectivity index (χ4n) is 4.76. The Morgan fingerprint density at radius 2 is 2.03 bits per heavy atom. The molecule has 5 rings (SSSR count). The molecule has 0 bridgehead atoms. The standard InChI is InChI=1S/C20H25N7O4S2/c1-20(29)8-2-3-15(20)27-16(28)5-4-13-11-21-18(24-17(13)27)23-14-6-9-26(10-7-14)33(30,31)19-25-22-12-32-19/h4-5,11-12,14-15,29H,2-3,6-10H2,1H3,(H,21,23,24)/t15-,20-/m1/s1. The molecule has 1 aliphatic heterocycles. The van der Waals surface area contributed by atoms with Crippen molar-refractivity contribution in [1.82, 2.24) is 29.0 Å². The van der Waals surface area contributed by atoms with Gasteiger partial charge in [0.2, 0.25) is 10.3 Å². The van der Waals surface area contributed by atoms with Crippen LogP contribution >= 0.6 is 11.3 Å². The van der Waals surface area contributed by atoms with Gasteiger partial charge in [-0.1, -0.05) is 11.3 Å². The number of aliphatic hydroxyl groups is 1. The Balaban J connectivity index is 1.35. The van der Waals surface area contributed by atoms with Gasteiger partial charge in [-0.25, -0.2) is 13.4 Å². The molecule has 176 valence electrons. The highest BCUT2D eigenvalue weighted by Gasteiger charge is 2.39. The number of nitrogens with one attached hydrogen (secondary N) is 1. The number of sulfonamides is 1. The molecule has 3 aromatic heterocycles. The number of pyridine rings is 1. The Kier molecular flexibility index (Phi) is 5.67. The van der Waals surface area contributed by atoms with Gasteiger partial charge in [0.25, 0.3) is 15.6 Å². The molecular formula is C20H25N7O4S2. The quantitative estimate of drug-likeness (QED) is 0.541. The summed E-state index contributed by atoms with van der Waals surface area (Å²) in [6.07, 6.45) is 5.01. The lowest BCUT2D eigenvalue weighted by molar-refractivity contribution is 0.0267. The van der Waals surface area contributed by atoms with Crippen LogP contribution in [0.4, 0.5) is 5.95 Å². The Labute approximate surface area is 194 Å². The highest BCUT2D eigenvalue weighted by Crippen LogP contribution is 2.39. The molecule has 0 unspecified atom stereocenters. The van der Waals surface area contributed by atoms with E-state index in [9.17, 15) is 18.3 Å². The summed E-state index contributed by atoms with van der Waals surface area (Å²) in [6, 6.07) is 2.83. The zero-order valence-corrected chi connectivity index (χ0v) is 19.7. The van der Waals surface area contributed by atoms with Crippen molar-refractivity contribution in [3.63, 3.8) is 0 Å². The van der Waals surface area contributed by atoms with Crippen molar-refractivity contribution in [3.8, 4) is 0 Å². The van der Waals surface area contributed by atoms with E-state index in [1.54, 1.807) is 23.8 Å². The molecule has 4 heterocycles. The van der Waals surface area contributed by atoms with Crippen molar-refractivity contribution in [2.24, 2.45) is 0 Å². The van der Waals surface area contributed by atoms with E-state index in [4.69, 9.17) is 0 Å². The van der Waals surface area contributed by atoms with Gasteiger partial charge < -0.3 is 10.4 Å². The van der Waals surface area contributed by atoms with Crippen LogP contribution in [0.15, 0.2) is 33.0 Å². The molecule has 2 aliphatic rings.